The second kappa shape index (κ2) is 7.13. The van der Waals surface area contributed by atoms with Crippen molar-refractivity contribution < 1.29 is 9.53 Å². The van der Waals surface area contributed by atoms with E-state index < -0.39 is 0 Å². The molecule has 1 N–H and O–H groups in total. The molecule has 3 aliphatic heterocycles. The van der Waals surface area contributed by atoms with Crippen LogP contribution in [0.25, 0.3) is 0 Å². The van der Waals surface area contributed by atoms with Gasteiger partial charge in [-0.2, -0.15) is 0 Å². The van der Waals surface area contributed by atoms with E-state index in [9.17, 15) is 4.79 Å². The lowest BCUT2D eigenvalue weighted by Crippen LogP contribution is -2.42. The minimum Gasteiger partial charge on any atom is -0.369 e. The van der Waals surface area contributed by atoms with E-state index in [0.717, 1.165) is 49.3 Å². The summed E-state index contributed by atoms with van der Waals surface area (Å²) in [6.45, 7) is 6.70. The van der Waals surface area contributed by atoms with Gasteiger partial charge in [-0.05, 0) is 49.4 Å². The first-order valence-electron chi connectivity index (χ1n) is 10.8. The number of amides is 1. The molecule has 1 spiro atoms. The molecule has 0 radical (unpaired) electrons. The first-order chi connectivity index (χ1) is 14.1. The Morgan fingerprint density at radius 2 is 2.17 bits per heavy atom. The number of hydrogen-bond donors (Lipinski definition) is 1. The fourth-order valence-electron chi connectivity index (χ4n) is 5.64. The van der Waals surface area contributed by atoms with E-state index in [0.29, 0.717) is 18.4 Å². The van der Waals surface area contributed by atoms with Gasteiger partial charge in [0.25, 0.3) is 5.91 Å². The number of carbonyl (C=O) groups is 1. The highest BCUT2D eigenvalue weighted by atomic mass is 16.5. The Morgan fingerprint density at radius 3 is 2.97 bits per heavy atom. The molecule has 5 rings (SSSR count). The van der Waals surface area contributed by atoms with Crippen molar-refractivity contribution in [2.75, 3.05) is 24.5 Å². The van der Waals surface area contributed by atoms with Crippen LogP contribution in [-0.2, 0) is 11.2 Å². The maximum atomic E-state index is 12.8. The van der Waals surface area contributed by atoms with Crippen LogP contribution in [0, 0.1) is 18.8 Å². The summed E-state index contributed by atoms with van der Waals surface area (Å²) < 4.78 is 6.53. The first-order valence-corrected chi connectivity index (χ1v) is 10.8. The second-order valence-corrected chi connectivity index (χ2v) is 8.83. The molecule has 0 aliphatic carbocycles. The number of hydrogen-bond acceptors (Lipinski definition) is 4. The van der Waals surface area contributed by atoms with E-state index in [-0.39, 0.29) is 17.6 Å². The number of aryl methyl sites for hydroxylation is 2. The van der Waals surface area contributed by atoms with Gasteiger partial charge < -0.3 is 15.0 Å². The number of aromatic nitrogens is 1. The van der Waals surface area contributed by atoms with Crippen LogP contribution < -0.4 is 10.2 Å². The van der Waals surface area contributed by atoms with E-state index in [4.69, 9.17) is 4.74 Å². The molecule has 3 aliphatic rings. The van der Waals surface area contributed by atoms with Gasteiger partial charge in [-0.15, -0.1) is 0 Å². The molecule has 0 saturated carbocycles. The van der Waals surface area contributed by atoms with Crippen LogP contribution in [0.1, 0.15) is 41.3 Å². The summed E-state index contributed by atoms with van der Waals surface area (Å²) in [5, 5.41) is 3.22. The largest absolute Gasteiger partial charge is 0.369 e. The van der Waals surface area contributed by atoms with Crippen molar-refractivity contribution in [2.24, 2.45) is 11.8 Å². The quantitative estimate of drug-likeness (QED) is 0.849. The molecule has 4 atom stereocenters. The van der Waals surface area contributed by atoms with Crippen LogP contribution in [0.15, 0.2) is 42.6 Å². The van der Waals surface area contributed by atoms with Crippen molar-refractivity contribution >= 4 is 11.7 Å². The van der Waals surface area contributed by atoms with Gasteiger partial charge in [-0.3, -0.25) is 4.79 Å². The SMILES string of the molecule is CCc1ccccc1C(=O)NC[C@H]1[C@H]2CN(c3ccc(C)cn3)C[C@]23CC[C@H]1O3. The summed E-state index contributed by atoms with van der Waals surface area (Å²) >= 11 is 0. The van der Waals surface area contributed by atoms with Crippen LogP contribution in [0.5, 0.6) is 0 Å². The van der Waals surface area contributed by atoms with E-state index in [1.54, 1.807) is 0 Å². The number of pyridine rings is 1. The zero-order chi connectivity index (χ0) is 20.0. The summed E-state index contributed by atoms with van der Waals surface area (Å²) in [7, 11) is 0. The van der Waals surface area contributed by atoms with E-state index >= 15 is 0 Å². The lowest BCUT2D eigenvalue weighted by atomic mass is 9.73. The summed E-state index contributed by atoms with van der Waals surface area (Å²) in [5.74, 6) is 1.89. The van der Waals surface area contributed by atoms with Crippen molar-refractivity contribution in [3.05, 3.63) is 59.3 Å². The maximum Gasteiger partial charge on any atom is 0.251 e. The molecule has 152 valence electrons. The highest BCUT2D eigenvalue weighted by Crippen LogP contribution is 2.55. The number of rotatable bonds is 5. The summed E-state index contributed by atoms with van der Waals surface area (Å²) in [4.78, 5) is 19.8. The summed E-state index contributed by atoms with van der Waals surface area (Å²) in [6.07, 6.45) is 5.28. The van der Waals surface area contributed by atoms with Crippen LogP contribution in [0.4, 0.5) is 5.82 Å². The highest BCUT2D eigenvalue weighted by Gasteiger charge is 2.63. The molecular weight excluding hydrogens is 362 g/mol. The molecule has 29 heavy (non-hydrogen) atoms. The number of carbonyl (C=O) groups excluding carboxylic acids is 1. The second-order valence-electron chi connectivity index (χ2n) is 8.83. The highest BCUT2D eigenvalue weighted by molar-refractivity contribution is 5.95. The summed E-state index contributed by atoms with van der Waals surface area (Å²) in [6, 6.07) is 12.1. The van der Waals surface area contributed by atoms with Gasteiger partial charge in [0.2, 0.25) is 0 Å². The fraction of sp³-hybridized carbons (Fsp3) is 0.500. The first kappa shape index (κ1) is 18.6. The van der Waals surface area contributed by atoms with Crippen molar-refractivity contribution in [3.8, 4) is 0 Å². The van der Waals surface area contributed by atoms with Gasteiger partial charge in [0.1, 0.15) is 5.82 Å². The maximum absolute atomic E-state index is 12.8. The summed E-state index contributed by atoms with van der Waals surface area (Å²) in [5.41, 5.74) is 3.01. The third kappa shape index (κ3) is 3.12. The Hall–Kier alpha value is -2.40. The predicted octanol–water partition coefficient (Wildman–Crippen LogP) is 3.37. The lowest BCUT2D eigenvalue weighted by molar-refractivity contribution is 0.0141. The Labute approximate surface area is 172 Å². The van der Waals surface area contributed by atoms with Crippen LogP contribution in [-0.4, -0.2) is 42.2 Å². The Morgan fingerprint density at radius 1 is 1.31 bits per heavy atom. The van der Waals surface area contributed by atoms with Gasteiger partial charge in [-0.25, -0.2) is 4.98 Å². The molecule has 0 unspecified atom stereocenters. The zero-order valence-electron chi connectivity index (χ0n) is 17.2. The standard InChI is InChI=1S/C24H29N3O2/c1-3-17-6-4-5-7-18(17)23(28)26-13-19-20-14-27(22-9-8-16(2)12-25-22)15-24(20)11-10-21(19)29-24/h4-9,12,19-21H,3,10-11,13-15H2,1-2H3,(H,26,28)/t19-,20+,21+,24+/m0/s1. The minimum atomic E-state index is -0.0616. The number of benzene rings is 1. The Bertz CT molecular complexity index is 913. The molecule has 1 aromatic heterocycles. The molecule has 2 aromatic rings. The monoisotopic (exact) mass is 391 g/mol. The molecule has 4 heterocycles. The lowest BCUT2D eigenvalue weighted by Gasteiger charge is -2.29. The molecule has 3 fully saturated rings. The van der Waals surface area contributed by atoms with Crippen molar-refractivity contribution in [3.63, 3.8) is 0 Å². The van der Waals surface area contributed by atoms with Crippen molar-refractivity contribution in [1.82, 2.24) is 10.3 Å². The third-order valence-corrected chi connectivity index (χ3v) is 7.14. The number of nitrogens with one attached hydrogen (secondary N) is 1. The fourth-order valence-corrected chi connectivity index (χ4v) is 5.64. The topological polar surface area (TPSA) is 54.5 Å². The van der Waals surface area contributed by atoms with Gasteiger partial charge in [0.15, 0.2) is 0 Å². The number of anilines is 1. The molecular formula is C24H29N3O2. The Balaban J connectivity index is 1.29. The average molecular weight is 392 g/mol. The molecule has 5 heteroatoms. The number of nitrogens with zero attached hydrogens (tertiary/aromatic N) is 2. The zero-order valence-corrected chi connectivity index (χ0v) is 17.2. The van der Waals surface area contributed by atoms with Crippen molar-refractivity contribution in [2.45, 2.75) is 44.8 Å². The van der Waals surface area contributed by atoms with Gasteiger partial charge in [-0.1, -0.05) is 31.2 Å². The van der Waals surface area contributed by atoms with Crippen LogP contribution in [0.3, 0.4) is 0 Å². The van der Waals surface area contributed by atoms with Crippen molar-refractivity contribution in [1.29, 1.82) is 0 Å². The molecule has 2 bridgehead atoms. The smallest absolute Gasteiger partial charge is 0.251 e. The van der Waals surface area contributed by atoms with Gasteiger partial charge >= 0.3 is 0 Å². The van der Waals surface area contributed by atoms with E-state index in [2.05, 4.69) is 41.2 Å². The predicted molar refractivity (Wildman–Crippen MR) is 113 cm³/mol. The molecule has 3 saturated heterocycles. The van der Waals surface area contributed by atoms with E-state index in [1.807, 2.05) is 30.5 Å². The van der Waals surface area contributed by atoms with Crippen LogP contribution >= 0.6 is 0 Å². The van der Waals surface area contributed by atoms with E-state index in [1.165, 1.54) is 5.56 Å². The van der Waals surface area contributed by atoms with Gasteiger partial charge in [0.05, 0.1) is 11.7 Å². The third-order valence-electron chi connectivity index (χ3n) is 7.14. The van der Waals surface area contributed by atoms with Gasteiger partial charge in [0, 0.05) is 43.2 Å². The molecule has 1 aromatic carbocycles. The Kier molecular flexibility index (Phi) is 4.58. The number of ether oxygens (including phenoxy) is 1. The number of fused-ring (bicyclic) bond motifs is 1. The van der Waals surface area contributed by atoms with Crippen LogP contribution in [0.2, 0.25) is 0 Å². The average Bonchev–Trinajstić information content (AvgIpc) is 3.41. The molecule has 5 nitrogen and oxygen atoms in total. The molecule has 1 amide bonds. The minimum absolute atomic E-state index is 0.0364. The normalized spacial score (nSPS) is 29.9.